The van der Waals surface area contributed by atoms with Crippen LogP contribution < -0.4 is 10.2 Å². The highest BCUT2D eigenvalue weighted by Crippen LogP contribution is 2.21. The maximum Gasteiger partial charge on any atom is 0.224 e. The maximum atomic E-state index is 12.5. The molecule has 1 aromatic heterocycles. The molecule has 0 spiro atoms. The van der Waals surface area contributed by atoms with Crippen molar-refractivity contribution in [3.63, 3.8) is 0 Å². The van der Waals surface area contributed by atoms with Crippen LogP contribution in [0.3, 0.4) is 0 Å². The van der Waals surface area contributed by atoms with Crippen LogP contribution in [-0.4, -0.2) is 42.1 Å². The van der Waals surface area contributed by atoms with E-state index in [4.69, 9.17) is 4.74 Å². The number of carbonyl (C=O) groups is 1. The van der Waals surface area contributed by atoms with Gasteiger partial charge in [-0.15, -0.1) is 0 Å². The Bertz CT molecular complexity index is 696. The lowest BCUT2D eigenvalue weighted by Gasteiger charge is -2.32. The van der Waals surface area contributed by atoms with Gasteiger partial charge in [0, 0.05) is 38.6 Å². The first-order valence-corrected chi connectivity index (χ1v) is 9.69. The van der Waals surface area contributed by atoms with E-state index >= 15 is 0 Å². The molecule has 0 aliphatic carbocycles. The van der Waals surface area contributed by atoms with Gasteiger partial charge in [0.25, 0.3) is 0 Å². The van der Waals surface area contributed by atoms with Gasteiger partial charge >= 0.3 is 0 Å². The van der Waals surface area contributed by atoms with Crippen LogP contribution >= 0.6 is 0 Å². The Morgan fingerprint density at radius 1 is 1.33 bits per heavy atom. The molecule has 0 radical (unpaired) electrons. The molecule has 3 rings (SSSR count). The molecule has 144 valence electrons. The highest BCUT2D eigenvalue weighted by Gasteiger charge is 2.26. The monoisotopic (exact) mass is 368 g/mol. The number of nitrogens with one attached hydrogen (secondary N) is 1. The molecule has 1 amide bonds. The lowest BCUT2D eigenvalue weighted by molar-refractivity contribution is -0.125. The van der Waals surface area contributed by atoms with Crippen molar-refractivity contribution in [3.05, 3.63) is 54.5 Å². The number of hydrogen-bond acceptors (Lipinski definition) is 5. The average Bonchev–Trinajstić information content (AvgIpc) is 2.74. The Kier molecular flexibility index (Phi) is 7.16. The molecule has 0 bridgehead atoms. The number of ether oxygens (including phenoxy) is 1. The van der Waals surface area contributed by atoms with E-state index in [0.717, 1.165) is 31.6 Å². The zero-order valence-electron chi connectivity index (χ0n) is 15.9. The predicted octanol–water partition coefficient (Wildman–Crippen LogP) is 2.98. The smallest absolute Gasteiger partial charge is 0.224 e. The first kappa shape index (κ1) is 19.3. The fraction of sp³-hybridized carbons (Fsp3) is 0.476. The Balaban J connectivity index is 1.35. The molecule has 1 aromatic carbocycles. The molecule has 1 aliphatic heterocycles. The minimum Gasteiger partial charge on any atom is -0.374 e. The Labute approximate surface area is 161 Å². The van der Waals surface area contributed by atoms with Crippen LogP contribution in [0.4, 0.5) is 5.82 Å². The number of anilines is 1. The first-order chi connectivity index (χ1) is 13.2. The molecule has 2 aromatic rings. The summed E-state index contributed by atoms with van der Waals surface area (Å²) in [5.41, 5.74) is 1.17. The van der Waals surface area contributed by atoms with E-state index in [9.17, 15) is 4.79 Å². The van der Waals surface area contributed by atoms with Crippen molar-refractivity contribution in [3.8, 4) is 0 Å². The molecule has 6 heteroatoms. The molecule has 27 heavy (non-hydrogen) atoms. The quantitative estimate of drug-likeness (QED) is 0.726. The maximum absolute atomic E-state index is 12.5. The summed E-state index contributed by atoms with van der Waals surface area (Å²) < 4.78 is 5.86. The number of nitrogens with zero attached hydrogens (tertiary/aromatic N) is 3. The molecule has 1 saturated heterocycles. The number of piperidine rings is 1. The number of hydrogen-bond donors (Lipinski definition) is 1. The summed E-state index contributed by atoms with van der Waals surface area (Å²) in [5.74, 6) is 0.975. The van der Waals surface area contributed by atoms with Gasteiger partial charge in [-0.2, -0.15) is 0 Å². The second kappa shape index (κ2) is 10.0. The van der Waals surface area contributed by atoms with Gasteiger partial charge in [0.15, 0.2) is 0 Å². The van der Waals surface area contributed by atoms with Crippen molar-refractivity contribution in [2.24, 2.45) is 5.92 Å². The van der Waals surface area contributed by atoms with Crippen molar-refractivity contribution in [2.45, 2.75) is 32.3 Å². The third-order valence-corrected chi connectivity index (χ3v) is 4.92. The van der Waals surface area contributed by atoms with Crippen molar-refractivity contribution in [1.82, 2.24) is 15.3 Å². The van der Waals surface area contributed by atoms with E-state index in [1.165, 1.54) is 5.56 Å². The van der Waals surface area contributed by atoms with Crippen LogP contribution in [0.2, 0.25) is 0 Å². The Morgan fingerprint density at radius 2 is 2.19 bits per heavy atom. The minimum atomic E-state index is 0.00455. The van der Waals surface area contributed by atoms with Gasteiger partial charge in [-0.25, -0.2) is 4.98 Å². The van der Waals surface area contributed by atoms with Gasteiger partial charge in [0.1, 0.15) is 5.82 Å². The van der Waals surface area contributed by atoms with Crippen LogP contribution in [0.1, 0.15) is 37.9 Å². The topological polar surface area (TPSA) is 67.3 Å². The van der Waals surface area contributed by atoms with E-state index in [1.807, 2.05) is 18.2 Å². The molecule has 1 aliphatic rings. The van der Waals surface area contributed by atoms with Gasteiger partial charge < -0.3 is 15.0 Å². The molecular weight excluding hydrogens is 340 g/mol. The Hall–Kier alpha value is -2.47. The van der Waals surface area contributed by atoms with Crippen LogP contribution in [-0.2, 0) is 9.53 Å². The molecular formula is C21H28N4O2. The van der Waals surface area contributed by atoms with Gasteiger partial charge in [0.05, 0.1) is 18.2 Å². The van der Waals surface area contributed by atoms with E-state index < -0.39 is 0 Å². The lowest BCUT2D eigenvalue weighted by Crippen LogP contribution is -2.43. The summed E-state index contributed by atoms with van der Waals surface area (Å²) in [7, 11) is 0. The average molecular weight is 368 g/mol. The standard InChI is InChI=1S/C21H28N4O2/c1-17(18-7-3-2-4-8-18)27-14-6-10-24-21(26)19-9-5-13-25(16-19)20-15-22-11-12-23-20/h2-4,7-8,11-12,15,17,19H,5-6,9-10,13-14,16H2,1H3,(H,24,26). The zero-order valence-corrected chi connectivity index (χ0v) is 15.9. The normalized spacial score (nSPS) is 18.1. The predicted molar refractivity (Wildman–Crippen MR) is 105 cm³/mol. The molecule has 2 unspecified atom stereocenters. The highest BCUT2D eigenvalue weighted by molar-refractivity contribution is 5.79. The summed E-state index contributed by atoms with van der Waals surface area (Å²) in [4.78, 5) is 23.1. The van der Waals surface area contributed by atoms with Crippen LogP contribution in [0, 0.1) is 5.92 Å². The second-order valence-corrected chi connectivity index (χ2v) is 6.92. The van der Waals surface area contributed by atoms with Gasteiger partial charge in [0.2, 0.25) is 5.91 Å². The van der Waals surface area contributed by atoms with E-state index in [2.05, 4.69) is 39.2 Å². The summed E-state index contributed by atoms with van der Waals surface area (Å²) in [6.07, 6.45) is 7.90. The fourth-order valence-electron chi connectivity index (χ4n) is 3.36. The van der Waals surface area contributed by atoms with Crippen LogP contribution in [0.15, 0.2) is 48.9 Å². The van der Waals surface area contributed by atoms with E-state index in [-0.39, 0.29) is 17.9 Å². The third kappa shape index (κ3) is 5.76. The lowest BCUT2D eigenvalue weighted by atomic mass is 9.97. The molecule has 1 N–H and O–H groups in total. The molecule has 0 saturated carbocycles. The summed E-state index contributed by atoms with van der Waals surface area (Å²) in [6, 6.07) is 10.2. The fourth-order valence-corrected chi connectivity index (χ4v) is 3.36. The number of aromatic nitrogens is 2. The highest BCUT2D eigenvalue weighted by atomic mass is 16.5. The van der Waals surface area contributed by atoms with Gasteiger partial charge in [-0.1, -0.05) is 30.3 Å². The molecule has 1 fully saturated rings. The van der Waals surface area contributed by atoms with Gasteiger partial charge in [-0.05, 0) is 31.7 Å². The van der Waals surface area contributed by atoms with E-state index in [1.54, 1.807) is 18.6 Å². The zero-order chi connectivity index (χ0) is 18.9. The van der Waals surface area contributed by atoms with Crippen LogP contribution in [0.5, 0.6) is 0 Å². The SMILES string of the molecule is CC(OCCCNC(=O)C1CCCN(c2cnccn2)C1)c1ccccc1. The summed E-state index contributed by atoms with van der Waals surface area (Å²) >= 11 is 0. The number of rotatable bonds is 8. The second-order valence-electron chi connectivity index (χ2n) is 6.92. The third-order valence-electron chi connectivity index (χ3n) is 4.92. The van der Waals surface area contributed by atoms with Crippen molar-refractivity contribution < 1.29 is 9.53 Å². The number of benzene rings is 1. The molecule has 6 nitrogen and oxygen atoms in total. The summed E-state index contributed by atoms with van der Waals surface area (Å²) in [5, 5.41) is 3.06. The van der Waals surface area contributed by atoms with Crippen molar-refractivity contribution in [1.29, 1.82) is 0 Å². The van der Waals surface area contributed by atoms with Crippen molar-refractivity contribution in [2.75, 3.05) is 31.1 Å². The number of amides is 1. The Morgan fingerprint density at radius 3 is 2.96 bits per heavy atom. The van der Waals surface area contributed by atoms with E-state index in [0.29, 0.717) is 19.7 Å². The number of carbonyl (C=O) groups excluding carboxylic acids is 1. The van der Waals surface area contributed by atoms with Gasteiger partial charge in [-0.3, -0.25) is 9.78 Å². The summed E-state index contributed by atoms with van der Waals surface area (Å²) in [6.45, 7) is 4.95. The van der Waals surface area contributed by atoms with Crippen molar-refractivity contribution >= 4 is 11.7 Å². The largest absolute Gasteiger partial charge is 0.374 e. The molecule has 2 heterocycles. The minimum absolute atomic E-state index is 0.00455. The first-order valence-electron chi connectivity index (χ1n) is 9.69. The van der Waals surface area contributed by atoms with Crippen LogP contribution in [0.25, 0.3) is 0 Å². The molecule has 2 atom stereocenters.